The van der Waals surface area contributed by atoms with Gasteiger partial charge in [-0.1, -0.05) is 0 Å². The molecule has 1 aromatic carbocycles. The Balaban J connectivity index is 2.92. The number of nitrogens with two attached hydrogens (primary N) is 1. The van der Waals surface area contributed by atoms with Crippen LogP contribution in [0.3, 0.4) is 0 Å². The lowest BCUT2D eigenvalue weighted by Gasteiger charge is -2.20. The second-order valence-corrected chi connectivity index (χ2v) is 6.01. The number of anilines is 1. The standard InChI is InChI=1S/C15H21F3N2O3/c1-14(2,3)23-13(21)20-10-5-6-11(22-4)9(7-10)8-12(19)15(16,17)18/h5-7,12H,8,19H2,1-4H3,(H,20,21). The highest BCUT2D eigenvalue weighted by Crippen LogP contribution is 2.28. The lowest BCUT2D eigenvalue weighted by molar-refractivity contribution is -0.147. The molecule has 0 heterocycles. The molecule has 0 saturated carbocycles. The molecule has 0 spiro atoms. The molecule has 8 heteroatoms. The fraction of sp³-hybridized carbons (Fsp3) is 0.533. The summed E-state index contributed by atoms with van der Waals surface area (Å²) >= 11 is 0. The van der Waals surface area contributed by atoms with E-state index in [9.17, 15) is 18.0 Å². The Kier molecular flexibility index (Phi) is 5.87. The number of hydrogen-bond donors (Lipinski definition) is 2. The number of amides is 1. The fourth-order valence-corrected chi connectivity index (χ4v) is 1.79. The van der Waals surface area contributed by atoms with E-state index in [0.29, 0.717) is 5.69 Å². The van der Waals surface area contributed by atoms with Crippen molar-refractivity contribution in [3.05, 3.63) is 23.8 Å². The molecule has 23 heavy (non-hydrogen) atoms. The van der Waals surface area contributed by atoms with Crippen molar-refractivity contribution in [2.45, 2.75) is 45.0 Å². The quantitative estimate of drug-likeness (QED) is 0.884. The van der Waals surface area contributed by atoms with Gasteiger partial charge in [0, 0.05) is 12.1 Å². The number of benzene rings is 1. The van der Waals surface area contributed by atoms with Crippen LogP contribution in [0.15, 0.2) is 18.2 Å². The number of rotatable bonds is 4. The molecular weight excluding hydrogens is 313 g/mol. The third-order valence-electron chi connectivity index (χ3n) is 2.79. The third kappa shape index (κ3) is 6.35. The van der Waals surface area contributed by atoms with Crippen LogP contribution >= 0.6 is 0 Å². The Bertz CT molecular complexity index is 554. The first-order chi connectivity index (χ1) is 10.4. The van der Waals surface area contributed by atoms with Crippen molar-refractivity contribution >= 4 is 11.8 Å². The molecule has 0 bridgehead atoms. The van der Waals surface area contributed by atoms with Crippen LogP contribution in [0, 0.1) is 0 Å². The summed E-state index contributed by atoms with van der Waals surface area (Å²) < 4.78 is 48.0. The number of methoxy groups -OCH3 is 1. The van der Waals surface area contributed by atoms with Gasteiger partial charge < -0.3 is 15.2 Å². The van der Waals surface area contributed by atoms with Gasteiger partial charge in [-0.25, -0.2) is 4.79 Å². The van der Waals surface area contributed by atoms with E-state index in [2.05, 4.69) is 5.32 Å². The number of alkyl halides is 3. The van der Waals surface area contributed by atoms with Crippen molar-refractivity contribution in [3.8, 4) is 5.75 Å². The first-order valence-electron chi connectivity index (χ1n) is 6.91. The van der Waals surface area contributed by atoms with Gasteiger partial charge in [-0.2, -0.15) is 13.2 Å². The molecule has 1 unspecified atom stereocenters. The Morgan fingerprint density at radius 1 is 1.30 bits per heavy atom. The average molecular weight is 334 g/mol. The predicted octanol–water partition coefficient (Wildman–Crippen LogP) is 3.47. The van der Waals surface area contributed by atoms with Gasteiger partial charge >= 0.3 is 12.3 Å². The number of carbonyl (C=O) groups excluding carboxylic acids is 1. The average Bonchev–Trinajstić information content (AvgIpc) is 2.35. The zero-order valence-corrected chi connectivity index (χ0v) is 13.5. The molecular formula is C15H21F3N2O3. The highest BCUT2D eigenvalue weighted by atomic mass is 19.4. The largest absolute Gasteiger partial charge is 0.496 e. The second-order valence-electron chi connectivity index (χ2n) is 6.01. The minimum atomic E-state index is -4.51. The Hall–Kier alpha value is -1.96. The molecule has 0 saturated heterocycles. The van der Waals surface area contributed by atoms with Gasteiger partial charge in [-0.05, 0) is 44.5 Å². The Morgan fingerprint density at radius 3 is 2.39 bits per heavy atom. The van der Waals surface area contributed by atoms with Crippen LogP contribution in [0.2, 0.25) is 0 Å². The molecule has 0 aromatic heterocycles. The van der Waals surface area contributed by atoms with E-state index in [1.807, 2.05) is 0 Å². The summed E-state index contributed by atoms with van der Waals surface area (Å²) in [6, 6.07) is 2.33. The summed E-state index contributed by atoms with van der Waals surface area (Å²) in [5.74, 6) is 0.263. The number of ether oxygens (including phenoxy) is 2. The van der Waals surface area contributed by atoms with Gasteiger partial charge in [0.05, 0.1) is 7.11 Å². The topological polar surface area (TPSA) is 73.6 Å². The molecule has 0 fully saturated rings. The first kappa shape index (κ1) is 19.1. The summed E-state index contributed by atoms with van der Waals surface area (Å²) in [5, 5.41) is 2.46. The van der Waals surface area contributed by atoms with E-state index in [1.165, 1.54) is 25.3 Å². The molecule has 0 aliphatic carbocycles. The number of nitrogens with one attached hydrogen (secondary N) is 1. The molecule has 0 aliphatic heterocycles. The lowest BCUT2D eigenvalue weighted by atomic mass is 10.0. The monoisotopic (exact) mass is 334 g/mol. The number of halogens is 3. The van der Waals surface area contributed by atoms with E-state index < -0.39 is 30.3 Å². The molecule has 1 rings (SSSR count). The summed E-state index contributed by atoms with van der Waals surface area (Å²) in [7, 11) is 1.35. The zero-order chi connectivity index (χ0) is 17.8. The van der Waals surface area contributed by atoms with Crippen LogP contribution in [0.1, 0.15) is 26.3 Å². The maximum absolute atomic E-state index is 12.6. The van der Waals surface area contributed by atoms with Crippen molar-refractivity contribution < 1.29 is 27.4 Å². The summed E-state index contributed by atoms with van der Waals surface area (Å²) in [6.07, 6.45) is -5.68. The summed E-state index contributed by atoms with van der Waals surface area (Å²) in [4.78, 5) is 11.7. The van der Waals surface area contributed by atoms with E-state index in [4.69, 9.17) is 15.2 Å². The number of hydrogen-bond acceptors (Lipinski definition) is 4. The lowest BCUT2D eigenvalue weighted by Crippen LogP contribution is -2.39. The highest BCUT2D eigenvalue weighted by Gasteiger charge is 2.37. The van der Waals surface area contributed by atoms with Crippen molar-refractivity contribution in [1.82, 2.24) is 0 Å². The van der Waals surface area contributed by atoms with E-state index in [-0.39, 0.29) is 11.3 Å². The minimum absolute atomic E-state index is 0.242. The SMILES string of the molecule is COc1ccc(NC(=O)OC(C)(C)C)cc1CC(N)C(F)(F)F. The van der Waals surface area contributed by atoms with Crippen molar-refractivity contribution in [3.63, 3.8) is 0 Å². The van der Waals surface area contributed by atoms with Crippen molar-refractivity contribution in [2.24, 2.45) is 5.73 Å². The van der Waals surface area contributed by atoms with E-state index in [1.54, 1.807) is 20.8 Å². The zero-order valence-electron chi connectivity index (χ0n) is 13.5. The van der Waals surface area contributed by atoms with Crippen LogP contribution in [-0.2, 0) is 11.2 Å². The van der Waals surface area contributed by atoms with Crippen LogP contribution in [0.4, 0.5) is 23.7 Å². The smallest absolute Gasteiger partial charge is 0.412 e. The normalized spacial score (nSPS) is 13.4. The third-order valence-corrected chi connectivity index (χ3v) is 2.79. The molecule has 130 valence electrons. The minimum Gasteiger partial charge on any atom is -0.496 e. The molecule has 0 radical (unpaired) electrons. The van der Waals surface area contributed by atoms with Crippen LogP contribution in [0.5, 0.6) is 5.75 Å². The highest BCUT2D eigenvalue weighted by molar-refractivity contribution is 5.85. The Morgan fingerprint density at radius 2 is 1.91 bits per heavy atom. The maximum atomic E-state index is 12.6. The molecule has 1 atom stereocenters. The molecule has 1 amide bonds. The van der Waals surface area contributed by atoms with E-state index >= 15 is 0 Å². The summed E-state index contributed by atoms with van der Waals surface area (Å²) in [5.41, 5.74) is 5.00. The van der Waals surface area contributed by atoms with Gasteiger partial charge in [0.1, 0.15) is 17.4 Å². The molecule has 5 nitrogen and oxygen atoms in total. The van der Waals surface area contributed by atoms with Crippen molar-refractivity contribution in [1.29, 1.82) is 0 Å². The Labute approximate surface area is 132 Å². The molecule has 0 aliphatic rings. The molecule has 3 N–H and O–H groups in total. The number of carbonyl (C=O) groups is 1. The van der Waals surface area contributed by atoms with Gasteiger partial charge in [0.15, 0.2) is 0 Å². The van der Waals surface area contributed by atoms with Gasteiger partial charge in [0.2, 0.25) is 0 Å². The fourth-order valence-electron chi connectivity index (χ4n) is 1.79. The van der Waals surface area contributed by atoms with Crippen molar-refractivity contribution in [2.75, 3.05) is 12.4 Å². The van der Waals surface area contributed by atoms with Crippen LogP contribution in [0.25, 0.3) is 0 Å². The summed E-state index contributed by atoms with van der Waals surface area (Å²) in [6.45, 7) is 5.11. The van der Waals surface area contributed by atoms with Gasteiger partial charge in [-0.15, -0.1) is 0 Å². The van der Waals surface area contributed by atoms with Gasteiger partial charge in [0.25, 0.3) is 0 Å². The van der Waals surface area contributed by atoms with E-state index in [0.717, 1.165) is 0 Å². The van der Waals surface area contributed by atoms with Crippen LogP contribution in [-0.4, -0.2) is 31.0 Å². The molecule has 1 aromatic rings. The van der Waals surface area contributed by atoms with Gasteiger partial charge in [-0.3, -0.25) is 5.32 Å². The first-order valence-corrected chi connectivity index (χ1v) is 6.91. The second kappa shape index (κ2) is 7.08. The van der Waals surface area contributed by atoms with Crippen LogP contribution < -0.4 is 15.8 Å². The maximum Gasteiger partial charge on any atom is 0.412 e. The predicted molar refractivity (Wildman–Crippen MR) is 80.6 cm³/mol.